The zero-order valence-corrected chi connectivity index (χ0v) is 21.4. The summed E-state index contributed by atoms with van der Waals surface area (Å²) in [5.41, 5.74) is 17.6. The molecule has 12 nitrogen and oxygen atoms in total. The Morgan fingerprint density at radius 3 is 1.92 bits per heavy atom. The highest BCUT2D eigenvalue weighted by Gasteiger charge is 2.32. The lowest BCUT2D eigenvalue weighted by atomic mass is 10.0. The average molecular weight is 523 g/mol. The van der Waals surface area contributed by atoms with Crippen LogP contribution in [0.2, 0.25) is 0 Å². The monoisotopic (exact) mass is 522 g/mol. The molecule has 0 spiro atoms. The molecule has 1 aromatic rings. The quantitative estimate of drug-likeness (QED) is 0.107. The van der Waals surface area contributed by atoms with E-state index in [1.54, 1.807) is 30.3 Å². The Balaban J connectivity index is 2.91. The molecule has 0 fully saturated rings. The second kappa shape index (κ2) is 17.4. The minimum absolute atomic E-state index is 0.0161. The molecule has 0 aliphatic rings. The van der Waals surface area contributed by atoms with Crippen LogP contribution in [0.25, 0.3) is 0 Å². The number of carboxylic acids is 1. The summed E-state index contributed by atoms with van der Waals surface area (Å²) in [5.74, 6) is -3.34. The molecule has 0 aliphatic heterocycles. The predicted octanol–water partition coefficient (Wildman–Crippen LogP) is -1.27. The number of carboxylic acid groups (broad SMARTS) is 1. The summed E-state index contributed by atoms with van der Waals surface area (Å²) in [4.78, 5) is 50.3. The van der Waals surface area contributed by atoms with Gasteiger partial charge in [-0.15, -0.1) is 0 Å². The molecule has 1 rings (SSSR count). The Hall–Kier alpha value is -3.06. The van der Waals surface area contributed by atoms with Gasteiger partial charge in [0, 0.05) is 6.42 Å². The van der Waals surface area contributed by atoms with Crippen molar-refractivity contribution < 1.29 is 29.4 Å². The van der Waals surface area contributed by atoms with Gasteiger partial charge in [-0.3, -0.25) is 14.4 Å². The maximum absolute atomic E-state index is 13.1. The maximum atomic E-state index is 13.1. The summed E-state index contributed by atoms with van der Waals surface area (Å²) in [7, 11) is 0. The first-order valence-corrected chi connectivity index (χ1v) is 12.6. The first-order chi connectivity index (χ1) is 17.6. The molecule has 12 heteroatoms. The van der Waals surface area contributed by atoms with E-state index >= 15 is 0 Å². The fraction of sp³-hybridized carbons (Fsp3) is 0.600. The lowest BCUT2D eigenvalue weighted by Crippen LogP contribution is -2.60. The standard InChI is InChI=1S/C25H42N6O6/c1-16(32)21(24(35)30-20(25(36)37)15-17-9-3-2-4-10-17)31-23(34)19(12-6-8-14-27)29-22(33)18(28)11-5-7-13-26/h2-4,9-10,16,18-21,32H,5-8,11-15,26-28H2,1H3,(H,29,33)(H,30,35)(H,31,34)(H,36,37). The summed E-state index contributed by atoms with van der Waals surface area (Å²) in [6.45, 7) is 2.18. The van der Waals surface area contributed by atoms with Crippen LogP contribution in [0.3, 0.4) is 0 Å². The number of carbonyl (C=O) groups excluding carboxylic acids is 3. The van der Waals surface area contributed by atoms with Gasteiger partial charge in [0.05, 0.1) is 12.1 Å². The molecule has 0 aromatic heterocycles. The van der Waals surface area contributed by atoms with Crippen molar-refractivity contribution >= 4 is 23.7 Å². The fourth-order valence-corrected chi connectivity index (χ4v) is 3.65. The Morgan fingerprint density at radius 1 is 0.811 bits per heavy atom. The first kappa shape index (κ1) is 32.0. The second-order valence-corrected chi connectivity index (χ2v) is 9.05. The molecule has 208 valence electrons. The Labute approximate surface area is 217 Å². The van der Waals surface area contributed by atoms with Crippen molar-refractivity contribution in [1.82, 2.24) is 16.0 Å². The number of unbranched alkanes of at least 4 members (excludes halogenated alkanes) is 2. The van der Waals surface area contributed by atoms with Crippen LogP contribution >= 0.6 is 0 Å². The van der Waals surface area contributed by atoms with Gasteiger partial charge in [0.2, 0.25) is 17.7 Å². The van der Waals surface area contributed by atoms with Crippen molar-refractivity contribution in [3.8, 4) is 0 Å². The van der Waals surface area contributed by atoms with Gasteiger partial charge >= 0.3 is 5.97 Å². The molecular weight excluding hydrogens is 480 g/mol. The number of hydrogen-bond acceptors (Lipinski definition) is 8. The summed E-state index contributed by atoms with van der Waals surface area (Å²) < 4.78 is 0. The molecule has 37 heavy (non-hydrogen) atoms. The molecule has 1 aromatic carbocycles. The van der Waals surface area contributed by atoms with Crippen molar-refractivity contribution in [2.75, 3.05) is 13.1 Å². The van der Waals surface area contributed by atoms with Crippen molar-refractivity contribution in [3.63, 3.8) is 0 Å². The molecule has 3 amide bonds. The number of aliphatic hydroxyl groups is 1. The molecule has 0 heterocycles. The second-order valence-electron chi connectivity index (χ2n) is 9.05. The SMILES string of the molecule is CC(O)C(NC(=O)C(CCCCN)NC(=O)C(N)CCCCN)C(=O)NC(Cc1ccccc1)C(=O)O. The molecule has 0 radical (unpaired) electrons. The summed E-state index contributed by atoms with van der Waals surface area (Å²) in [6.07, 6.45) is 1.84. The summed E-state index contributed by atoms with van der Waals surface area (Å²) >= 11 is 0. The van der Waals surface area contributed by atoms with Crippen molar-refractivity contribution in [3.05, 3.63) is 35.9 Å². The van der Waals surface area contributed by atoms with E-state index in [2.05, 4.69) is 16.0 Å². The third-order valence-electron chi connectivity index (χ3n) is 5.85. The lowest BCUT2D eigenvalue weighted by molar-refractivity contribution is -0.143. The largest absolute Gasteiger partial charge is 0.480 e. The van der Waals surface area contributed by atoms with Gasteiger partial charge < -0.3 is 43.4 Å². The Kier molecular flexibility index (Phi) is 15.0. The Bertz CT molecular complexity index is 853. The van der Waals surface area contributed by atoms with Crippen LogP contribution in [0.1, 0.15) is 51.0 Å². The van der Waals surface area contributed by atoms with Crippen LogP contribution in [0.5, 0.6) is 0 Å². The van der Waals surface area contributed by atoms with Gasteiger partial charge in [-0.25, -0.2) is 4.79 Å². The number of aliphatic hydroxyl groups excluding tert-OH is 1. The first-order valence-electron chi connectivity index (χ1n) is 12.6. The highest BCUT2D eigenvalue weighted by atomic mass is 16.4. The third kappa shape index (κ3) is 12.2. The number of rotatable bonds is 18. The smallest absolute Gasteiger partial charge is 0.326 e. The van der Waals surface area contributed by atoms with Crippen LogP contribution in [0.15, 0.2) is 30.3 Å². The zero-order chi connectivity index (χ0) is 27.8. The highest BCUT2D eigenvalue weighted by Crippen LogP contribution is 2.07. The van der Waals surface area contributed by atoms with Gasteiger partial charge in [-0.1, -0.05) is 36.8 Å². The van der Waals surface area contributed by atoms with E-state index in [0.29, 0.717) is 50.8 Å². The predicted molar refractivity (Wildman–Crippen MR) is 139 cm³/mol. The van der Waals surface area contributed by atoms with E-state index in [4.69, 9.17) is 17.2 Å². The molecule has 0 aliphatic carbocycles. The Morgan fingerprint density at radius 2 is 1.38 bits per heavy atom. The lowest BCUT2D eigenvalue weighted by Gasteiger charge is -2.26. The number of nitrogens with two attached hydrogens (primary N) is 3. The number of hydrogen-bond donors (Lipinski definition) is 8. The molecular formula is C25H42N6O6. The van der Waals surface area contributed by atoms with Gasteiger partial charge in [-0.05, 0) is 57.7 Å². The summed E-state index contributed by atoms with van der Waals surface area (Å²) in [5, 5.41) is 27.2. The molecule has 0 saturated carbocycles. The number of aliphatic carboxylic acids is 1. The summed E-state index contributed by atoms with van der Waals surface area (Å²) in [6, 6.07) is 4.16. The van der Waals surface area contributed by atoms with Crippen LogP contribution in [-0.4, -0.2) is 77.3 Å². The molecule has 5 atom stereocenters. The van der Waals surface area contributed by atoms with E-state index in [9.17, 15) is 29.4 Å². The van der Waals surface area contributed by atoms with Gasteiger partial charge in [-0.2, -0.15) is 0 Å². The van der Waals surface area contributed by atoms with Crippen LogP contribution in [0, 0.1) is 0 Å². The fourth-order valence-electron chi connectivity index (χ4n) is 3.65. The zero-order valence-electron chi connectivity index (χ0n) is 21.4. The van der Waals surface area contributed by atoms with E-state index in [1.807, 2.05) is 0 Å². The van der Waals surface area contributed by atoms with Crippen molar-refractivity contribution in [2.24, 2.45) is 17.2 Å². The van der Waals surface area contributed by atoms with Crippen molar-refractivity contribution in [1.29, 1.82) is 0 Å². The minimum atomic E-state index is -1.45. The number of amides is 3. The van der Waals surface area contributed by atoms with Crippen LogP contribution in [-0.2, 0) is 25.6 Å². The number of carbonyl (C=O) groups is 4. The molecule has 5 unspecified atom stereocenters. The average Bonchev–Trinajstić information content (AvgIpc) is 2.86. The van der Waals surface area contributed by atoms with E-state index in [-0.39, 0.29) is 12.8 Å². The van der Waals surface area contributed by atoms with Crippen LogP contribution < -0.4 is 33.2 Å². The third-order valence-corrected chi connectivity index (χ3v) is 5.85. The molecule has 0 saturated heterocycles. The number of benzene rings is 1. The van der Waals surface area contributed by atoms with Crippen molar-refractivity contribution in [2.45, 2.75) is 82.1 Å². The van der Waals surface area contributed by atoms with Gasteiger partial charge in [0.1, 0.15) is 18.1 Å². The topological polar surface area (TPSA) is 223 Å². The van der Waals surface area contributed by atoms with Crippen LogP contribution in [0.4, 0.5) is 0 Å². The number of nitrogens with one attached hydrogen (secondary N) is 3. The highest BCUT2D eigenvalue weighted by molar-refractivity contribution is 5.94. The van der Waals surface area contributed by atoms with Gasteiger partial charge in [0.25, 0.3) is 0 Å². The van der Waals surface area contributed by atoms with E-state index < -0.39 is 54.0 Å². The van der Waals surface area contributed by atoms with E-state index in [0.717, 1.165) is 0 Å². The van der Waals surface area contributed by atoms with Gasteiger partial charge in [0.15, 0.2) is 0 Å². The normalized spacial score (nSPS) is 15.1. The van der Waals surface area contributed by atoms with E-state index in [1.165, 1.54) is 6.92 Å². The maximum Gasteiger partial charge on any atom is 0.326 e. The minimum Gasteiger partial charge on any atom is -0.480 e. The molecule has 11 N–H and O–H groups in total. The molecule has 0 bridgehead atoms.